The van der Waals surface area contributed by atoms with Crippen LogP contribution in [-0.4, -0.2) is 5.11 Å². The van der Waals surface area contributed by atoms with E-state index in [9.17, 15) is 5.11 Å². The zero-order chi connectivity index (χ0) is 11.7. The Labute approximate surface area is 104 Å². The van der Waals surface area contributed by atoms with Crippen molar-refractivity contribution >= 4 is 26.7 Å². The molecule has 2 aromatic rings. The summed E-state index contributed by atoms with van der Waals surface area (Å²) in [5.74, 6) is 0. The van der Waals surface area contributed by atoms with Gasteiger partial charge in [-0.3, -0.25) is 0 Å². The van der Waals surface area contributed by atoms with E-state index >= 15 is 0 Å². The van der Waals surface area contributed by atoms with Gasteiger partial charge in [-0.2, -0.15) is 0 Å². The lowest BCUT2D eigenvalue weighted by molar-refractivity contribution is 0.216. The van der Waals surface area contributed by atoms with Gasteiger partial charge in [-0.25, -0.2) is 0 Å². The molecule has 0 amide bonds. The van der Waals surface area contributed by atoms with Crippen LogP contribution in [0.3, 0.4) is 0 Å². The second-order valence-corrected chi connectivity index (χ2v) is 4.92. The van der Waals surface area contributed by atoms with Crippen LogP contribution in [0.2, 0.25) is 0 Å². The Balaban J connectivity index is 2.52. The Morgan fingerprint density at radius 3 is 2.50 bits per heavy atom. The van der Waals surface area contributed by atoms with Gasteiger partial charge in [0.25, 0.3) is 0 Å². The number of aliphatic hydroxyl groups excluding tert-OH is 1. The van der Waals surface area contributed by atoms with Gasteiger partial charge in [0.1, 0.15) is 0 Å². The number of benzene rings is 2. The van der Waals surface area contributed by atoms with Crippen molar-refractivity contribution in [2.24, 2.45) is 0 Å². The number of hydrogen-bond donors (Lipinski definition) is 1. The predicted octanol–water partition coefficient (Wildman–Crippen LogP) is 4.21. The van der Waals surface area contributed by atoms with Crippen molar-refractivity contribution in [2.45, 2.75) is 13.0 Å². The second kappa shape index (κ2) is 4.40. The van der Waals surface area contributed by atoms with Crippen LogP contribution in [0.4, 0.5) is 0 Å². The molecule has 0 aliphatic rings. The Morgan fingerprint density at radius 2 is 1.81 bits per heavy atom. The van der Waals surface area contributed by atoms with Gasteiger partial charge in [-0.15, -0.1) is 0 Å². The first-order chi connectivity index (χ1) is 7.58. The fraction of sp³-hybridized carbons (Fsp3) is 0.143. The maximum atomic E-state index is 9.90. The maximum Gasteiger partial charge on any atom is 0.0995 e. The quantitative estimate of drug-likeness (QED) is 0.815. The largest absolute Gasteiger partial charge is 0.384 e. The topological polar surface area (TPSA) is 20.2 Å². The van der Waals surface area contributed by atoms with Gasteiger partial charge in [0.05, 0.1) is 6.10 Å². The smallest absolute Gasteiger partial charge is 0.0995 e. The fourth-order valence-corrected chi connectivity index (χ4v) is 2.07. The first kappa shape index (κ1) is 11.4. The molecule has 82 valence electrons. The van der Waals surface area contributed by atoms with Crippen molar-refractivity contribution < 1.29 is 5.11 Å². The van der Waals surface area contributed by atoms with Gasteiger partial charge in [-0.1, -0.05) is 40.7 Å². The lowest BCUT2D eigenvalue weighted by Gasteiger charge is -2.11. The lowest BCUT2D eigenvalue weighted by Crippen LogP contribution is -1.97. The number of fused-ring (bicyclic) bond motifs is 1. The van der Waals surface area contributed by atoms with Crippen molar-refractivity contribution in [1.82, 2.24) is 0 Å². The fourth-order valence-electron chi connectivity index (χ4n) is 1.69. The van der Waals surface area contributed by atoms with Gasteiger partial charge >= 0.3 is 0 Å². The highest BCUT2D eigenvalue weighted by Crippen LogP contribution is 2.26. The van der Waals surface area contributed by atoms with Crippen LogP contribution < -0.4 is 0 Å². The minimum atomic E-state index is -0.576. The number of aliphatic hydroxyl groups is 1. The molecule has 0 aliphatic heterocycles. The Hall–Kier alpha value is -1.12. The summed E-state index contributed by atoms with van der Waals surface area (Å²) in [7, 11) is 0. The lowest BCUT2D eigenvalue weighted by atomic mass is 10.0. The molecule has 0 aromatic heterocycles. The molecule has 0 spiro atoms. The van der Waals surface area contributed by atoms with Crippen LogP contribution in [0.15, 0.2) is 53.0 Å². The summed E-state index contributed by atoms with van der Waals surface area (Å²) in [6.45, 7) is 5.60. The molecule has 0 aliphatic carbocycles. The van der Waals surface area contributed by atoms with Gasteiger partial charge in [0, 0.05) is 4.47 Å². The van der Waals surface area contributed by atoms with Crippen LogP contribution >= 0.6 is 15.9 Å². The van der Waals surface area contributed by atoms with Crippen LogP contribution in [0, 0.1) is 0 Å². The van der Waals surface area contributed by atoms with Crippen molar-refractivity contribution in [3.8, 4) is 0 Å². The van der Waals surface area contributed by atoms with Crippen LogP contribution in [0.5, 0.6) is 0 Å². The van der Waals surface area contributed by atoms with E-state index in [2.05, 4.69) is 28.6 Å². The minimum absolute atomic E-state index is 0.576. The Kier molecular flexibility index (Phi) is 3.13. The van der Waals surface area contributed by atoms with E-state index in [0.717, 1.165) is 26.4 Å². The highest BCUT2D eigenvalue weighted by atomic mass is 79.9. The van der Waals surface area contributed by atoms with Gasteiger partial charge < -0.3 is 5.11 Å². The summed E-state index contributed by atoms with van der Waals surface area (Å²) >= 11 is 3.44. The first-order valence-corrected chi connectivity index (χ1v) is 5.90. The van der Waals surface area contributed by atoms with Crippen LogP contribution in [0.1, 0.15) is 18.6 Å². The summed E-state index contributed by atoms with van der Waals surface area (Å²) in [6, 6.07) is 12.1. The zero-order valence-corrected chi connectivity index (χ0v) is 10.7. The van der Waals surface area contributed by atoms with E-state index < -0.39 is 6.10 Å². The van der Waals surface area contributed by atoms with Gasteiger partial charge in [-0.05, 0) is 47.0 Å². The zero-order valence-electron chi connectivity index (χ0n) is 9.07. The third-order valence-corrected chi connectivity index (χ3v) is 3.10. The molecule has 2 aromatic carbocycles. The summed E-state index contributed by atoms with van der Waals surface area (Å²) in [5, 5.41) is 12.2. The average molecular weight is 277 g/mol. The molecule has 0 bridgehead atoms. The molecule has 1 nitrogen and oxygen atoms in total. The SMILES string of the molecule is C=C(C)C(O)c1ccc2cc(Br)ccc2c1. The predicted molar refractivity (Wildman–Crippen MR) is 71.4 cm³/mol. The molecule has 0 radical (unpaired) electrons. The van der Waals surface area contributed by atoms with Gasteiger partial charge in [0.15, 0.2) is 0 Å². The molecule has 0 heterocycles. The summed E-state index contributed by atoms with van der Waals surface area (Å²) < 4.78 is 1.06. The number of rotatable bonds is 2. The monoisotopic (exact) mass is 276 g/mol. The van der Waals surface area contributed by atoms with E-state index in [1.807, 2.05) is 37.3 Å². The molecular formula is C14H13BrO. The van der Waals surface area contributed by atoms with Crippen LogP contribution in [-0.2, 0) is 0 Å². The normalized spacial score (nSPS) is 12.7. The van der Waals surface area contributed by atoms with Crippen molar-refractivity contribution in [2.75, 3.05) is 0 Å². The second-order valence-electron chi connectivity index (χ2n) is 4.00. The van der Waals surface area contributed by atoms with E-state index in [1.54, 1.807) is 0 Å². The minimum Gasteiger partial charge on any atom is -0.384 e. The van der Waals surface area contributed by atoms with Crippen molar-refractivity contribution in [1.29, 1.82) is 0 Å². The first-order valence-electron chi connectivity index (χ1n) is 5.10. The van der Waals surface area contributed by atoms with E-state index in [-0.39, 0.29) is 0 Å². The van der Waals surface area contributed by atoms with E-state index in [0.29, 0.717) is 0 Å². The molecule has 16 heavy (non-hydrogen) atoms. The van der Waals surface area contributed by atoms with Crippen molar-refractivity contribution in [3.63, 3.8) is 0 Å². The Morgan fingerprint density at radius 1 is 1.19 bits per heavy atom. The molecule has 1 unspecified atom stereocenters. The molecule has 2 heteroatoms. The van der Waals surface area contributed by atoms with E-state index in [4.69, 9.17) is 0 Å². The van der Waals surface area contributed by atoms with Crippen LogP contribution in [0.25, 0.3) is 10.8 Å². The van der Waals surface area contributed by atoms with Gasteiger partial charge in [0.2, 0.25) is 0 Å². The standard InChI is InChI=1S/C14H13BrO/c1-9(2)14(16)12-4-3-11-8-13(15)6-5-10(11)7-12/h3-8,14,16H,1H2,2H3. The highest BCUT2D eigenvalue weighted by Gasteiger charge is 2.08. The summed E-state index contributed by atoms with van der Waals surface area (Å²) in [4.78, 5) is 0. The summed E-state index contributed by atoms with van der Waals surface area (Å²) in [6.07, 6.45) is -0.576. The Bertz CT molecular complexity index is 545. The molecule has 1 atom stereocenters. The molecule has 0 fully saturated rings. The molecule has 0 saturated carbocycles. The third-order valence-electron chi connectivity index (χ3n) is 2.61. The number of hydrogen-bond acceptors (Lipinski definition) is 1. The summed E-state index contributed by atoms with van der Waals surface area (Å²) in [5.41, 5.74) is 1.65. The van der Waals surface area contributed by atoms with Crippen molar-refractivity contribution in [3.05, 3.63) is 58.6 Å². The average Bonchev–Trinajstić information content (AvgIpc) is 2.27. The maximum absolute atomic E-state index is 9.90. The third kappa shape index (κ3) is 2.18. The number of halogens is 1. The molecule has 2 rings (SSSR count). The highest BCUT2D eigenvalue weighted by molar-refractivity contribution is 9.10. The molecule has 0 saturated heterocycles. The molecule has 1 N–H and O–H groups in total. The molecular weight excluding hydrogens is 264 g/mol. The van der Waals surface area contributed by atoms with E-state index in [1.165, 1.54) is 0 Å².